The number of halogens is 2. The maximum absolute atomic E-state index is 13.3. The average Bonchev–Trinajstić information content (AvgIpc) is 3.25. The molecule has 1 saturated heterocycles. The van der Waals surface area contributed by atoms with Crippen LogP contribution >= 0.6 is 23.2 Å². The Morgan fingerprint density at radius 3 is 2.45 bits per heavy atom. The highest BCUT2D eigenvalue weighted by molar-refractivity contribution is 6.42. The van der Waals surface area contributed by atoms with E-state index in [2.05, 4.69) is 0 Å². The van der Waals surface area contributed by atoms with Gasteiger partial charge in [-0.3, -0.25) is 4.79 Å². The third-order valence-corrected chi connectivity index (χ3v) is 5.80. The number of methoxy groups -OCH3 is 2. The Hall–Kier alpha value is -2.74. The molecule has 1 aliphatic rings. The molecule has 1 amide bonds. The molecule has 1 fully saturated rings. The summed E-state index contributed by atoms with van der Waals surface area (Å²) in [6.45, 7) is 2.05. The van der Waals surface area contributed by atoms with Gasteiger partial charge in [0.2, 0.25) is 0 Å². The summed E-state index contributed by atoms with van der Waals surface area (Å²) in [7, 11) is 3.17. The third kappa shape index (κ3) is 4.35. The van der Waals surface area contributed by atoms with Crippen LogP contribution in [0.1, 0.15) is 10.5 Å². The number of nitrogens with zero attached hydrogens (tertiary/aromatic N) is 3. The second-order valence-corrected chi connectivity index (χ2v) is 7.71. The van der Waals surface area contributed by atoms with Crippen molar-refractivity contribution in [1.82, 2.24) is 14.7 Å². The van der Waals surface area contributed by atoms with Crippen LogP contribution in [0, 0.1) is 0 Å². The summed E-state index contributed by atoms with van der Waals surface area (Å²) < 4.78 is 17.8. The summed E-state index contributed by atoms with van der Waals surface area (Å²) in [5.41, 5.74) is 2.36. The van der Waals surface area contributed by atoms with E-state index in [9.17, 15) is 4.79 Å². The molecule has 7 nitrogen and oxygen atoms in total. The lowest BCUT2D eigenvalue weighted by atomic mass is 10.1. The van der Waals surface area contributed by atoms with Crippen molar-refractivity contribution < 1.29 is 19.0 Å². The Labute approximate surface area is 190 Å². The minimum Gasteiger partial charge on any atom is -0.497 e. The van der Waals surface area contributed by atoms with Crippen molar-refractivity contribution >= 4 is 29.1 Å². The van der Waals surface area contributed by atoms with E-state index in [0.29, 0.717) is 64.9 Å². The Bertz CT molecular complexity index is 1110. The van der Waals surface area contributed by atoms with Crippen molar-refractivity contribution in [2.45, 2.75) is 0 Å². The van der Waals surface area contributed by atoms with Crippen molar-refractivity contribution in [2.75, 3.05) is 40.5 Å². The second-order valence-electron chi connectivity index (χ2n) is 6.90. The van der Waals surface area contributed by atoms with Gasteiger partial charge in [0.25, 0.3) is 5.91 Å². The van der Waals surface area contributed by atoms with Crippen molar-refractivity contribution in [3.63, 3.8) is 0 Å². The highest BCUT2D eigenvalue weighted by atomic mass is 35.5. The van der Waals surface area contributed by atoms with E-state index in [0.717, 1.165) is 5.56 Å². The largest absolute Gasteiger partial charge is 0.497 e. The lowest BCUT2D eigenvalue weighted by molar-refractivity contribution is 0.0297. The van der Waals surface area contributed by atoms with Gasteiger partial charge >= 0.3 is 0 Å². The van der Waals surface area contributed by atoms with Gasteiger partial charge < -0.3 is 19.1 Å². The molecule has 0 aliphatic carbocycles. The number of hydrogen-bond acceptors (Lipinski definition) is 5. The standard InChI is InChI=1S/C22H21Cl2N3O4/c1-29-15-4-5-16(21(12-15)30-2)19-13-20(22(28)26-7-9-31-10-8-26)27(25-19)14-3-6-17(23)18(24)11-14/h3-6,11-13H,7-10H2,1-2H3. The molecule has 0 radical (unpaired) electrons. The molecule has 1 aromatic heterocycles. The predicted octanol–water partition coefficient (Wildman–Crippen LogP) is 4.34. The summed E-state index contributed by atoms with van der Waals surface area (Å²) >= 11 is 12.3. The highest BCUT2D eigenvalue weighted by Crippen LogP contribution is 2.34. The molecule has 162 valence electrons. The van der Waals surface area contributed by atoms with Crippen LogP contribution in [0.4, 0.5) is 0 Å². The number of benzene rings is 2. The topological polar surface area (TPSA) is 65.8 Å². The normalized spacial score (nSPS) is 13.9. The molecule has 2 heterocycles. The number of morpholine rings is 1. The minimum absolute atomic E-state index is 0.138. The number of carbonyl (C=O) groups is 1. The average molecular weight is 462 g/mol. The van der Waals surface area contributed by atoms with Crippen LogP contribution in [0.25, 0.3) is 16.9 Å². The first kappa shape index (κ1) is 21.5. The molecule has 0 bridgehead atoms. The van der Waals surface area contributed by atoms with Gasteiger partial charge in [-0.25, -0.2) is 4.68 Å². The van der Waals surface area contributed by atoms with E-state index in [1.165, 1.54) is 0 Å². The van der Waals surface area contributed by atoms with Gasteiger partial charge in [-0.1, -0.05) is 23.2 Å². The molecule has 0 atom stereocenters. The van der Waals surface area contributed by atoms with Gasteiger partial charge in [-0.05, 0) is 36.4 Å². The molecule has 0 unspecified atom stereocenters. The first-order chi connectivity index (χ1) is 15.0. The van der Waals surface area contributed by atoms with Crippen LogP contribution in [0.5, 0.6) is 11.5 Å². The Balaban J connectivity index is 1.84. The van der Waals surface area contributed by atoms with Crippen LogP contribution in [0.2, 0.25) is 10.0 Å². The molecule has 2 aromatic carbocycles. The van der Waals surface area contributed by atoms with Gasteiger partial charge in [0, 0.05) is 24.7 Å². The summed E-state index contributed by atoms with van der Waals surface area (Å²) in [5, 5.41) is 5.52. The Kier molecular flexibility index (Phi) is 6.36. The molecule has 0 saturated carbocycles. The maximum Gasteiger partial charge on any atom is 0.272 e. The smallest absolute Gasteiger partial charge is 0.272 e. The van der Waals surface area contributed by atoms with Crippen molar-refractivity contribution in [3.8, 4) is 28.4 Å². The van der Waals surface area contributed by atoms with Gasteiger partial charge in [0.05, 0.1) is 48.9 Å². The first-order valence-electron chi connectivity index (χ1n) is 9.66. The molecule has 31 heavy (non-hydrogen) atoms. The second kappa shape index (κ2) is 9.18. The first-order valence-corrected chi connectivity index (χ1v) is 10.4. The molecule has 4 rings (SSSR count). The van der Waals surface area contributed by atoms with E-state index in [1.807, 2.05) is 12.1 Å². The zero-order valence-electron chi connectivity index (χ0n) is 17.1. The van der Waals surface area contributed by atoms with Gasteiger partial charge in [0.1, 0.15) is 17.2 Å². The zero-order valence-corrected chi connectivity index (χ0v) is 18.6. The Morgan fingerprint density at radius 2 is 1.77 bits per heavy atom. The molecular formula is C22H21Cl2N3O4. The summed E-state index contributed by atoms with van der Waals surface area (Å²) in [6.07, 6.45) is 0. The van der Waals surface area contributed by atoms with Gasteiger partial charge in [0.15, 0.2) is 0 Å². The summed E-state index contributed by atoms with van der Waals surface area (Å²) in [4.78, 5) is 15.1. The fourth-order valence-corrected chi connectivity index (χ4v) is 3.71. The predicted molar refractivity (Wildman–Crippen MR) is 119 cm³/mol. The SMILES string of the molecule is COc1ccc(-c2cc(C(=O)N3CCOCC3)n(-c3ccc(Cl)c(Cl)c3)n2)c(OC)c1. The summed E-state index contributed by atoms with van der Waals surface area (Å²) in [6, 6.07) is 12.3. The minimum atomic E-state index is -0.138. The summed E-state index contributed by atoms with van der Waals surface area (Å²) in [5.74, 6) is 1.11. The number of rotatable bonds is 5. The molecule has 1 aliphatic heterocycles. The molecular weight excluding hydrogens is 441 g/mol. The van der Waals surface area contributed by atoms with Crippen LogP contribution in [0.3, 0.4) is 0 Å². The number of ether oxygens (including phenoxy) is 3. The van der Waals surface area contributed by atoms with E-state index in [1.54, 1.807) is 54.1 Å². The monoisotopic (exact) mass is 461 g/mol. The number of amides is 1. The van der Waals surface area contributed by atoms with Crippen LogP contribution in [0.15, 0.2) is 42.5 Å². The number of carbonyl (C=O) groups excluding carboxylic acids is 1. The zero-order chi connectivity index (χ0) is 22.0. The molecule has 9 heteroatoms. The Morgan fingerprint density at radius 1 is 1.00 bits per heavy atom. The third-order valence-electron chi connectivity index (χ3n) is 5.06. The molecule has 0 N–H and O–H groups in total. The maximum atomic E-state index is 13.3. The van der Waals surface area contributed by atoms with Crippen LogP contribution < -0.4 is 9.47 Å². The fourth-order valence-electron chi connectivity index (χ4n) is 3.42. The van der Waals surface area contributed by atoms with Gasteiger partial charge in [-0.2, -0.15) is 5.10 Å². The van der Waals surface area contributed by atoms with E-state index in [4.69, 9.17) is 42.5 Å². The van der Waals surface area contributed by atoms with Gasteiger partial charge in [-0.15, -0.1) is 0 Å². The van der Waals surface area contributed by atoms with Crippen molar-refractivity contribution in [1.29, 1.82) is 0 Å². The molecule has 0 spiro atoms. The quantitative estimate of drug-likeness (QED) is 0.565. The number of hydrogen-bond donors (Lipinski definition) is 0. The lowest BCUT2D eigenvalue weighted by Gasteiger charge is -2.26. The van der Waals surface area contributed by atoms with Crippen LogP contribution in [-0.2, 0) is 4.74 Å². The van der Waals surface area contributed by atoms with Crippen LogP contribution in [-0.4, -0.2) is 61.1 Å². The fraction of sp³-hybridized carbons (Fsp3) is 0.273. The van der Waals surface area contributed by atoms with Crippen molar-refractivity contribution in [3.05, 3.63) is 58.2 Å². The van der Waals surface area contributed by atoms with Crippen molar-refractivity contribution in [2.24, 2.45) is 0 Å². The van der Waals surface area contributed by atoms with E-state index in [-0.39, 0.29) is 5.91 Å². The van der Waals surface area contributed by atoms with E-state index < -0.39 is 0 Å². The highest BCUT2D eigenvalue weighted by Gasteiger charge is 2.25. The van der Waals surface area contributed by atoms with E-state index >= 15 is 0 Å². The lowest BCUT2D eigenvalue weighted by Crippen LogP contribution is -2.41. The molecule has 3 aromatic rings. The number of aromatic nitrogens is 2.